The highest BCUT2D eigenvalue weighted by Gasteiger charge is 2.36. The van der Waals surface area contributed by atoms with Gasteiger partial charge in [0.15, 0.2) is 0 Å². The van der Waals surface area contributed by atoms with Crippen LogP contribution in [-0.4, -0.2) is 73.7 Å². The molecular formula is C22H35N3O3S2. The Kier molecular flexibility index (Phi) is 7.17. The van der Waals surface area contributed by atoms with E-state index in [0.29, 0.717) is 17.3 Å². The number of rotatable bonds is 5. The number of amides is 1. The number of carbonyl (C=O) groups is 1. The predicted molar refractivity (Wildman–Crippen MR) is 120 cm³/mol. The zero-order chi connectivity index (χ0) is 21.1. The molecule has 4 rings (SSSR count). The first kappa shape index (κ1) is 22.2. The quantitative estimate of drug-likeness (QED) is 0.687. The number of piperidine rings is 1. The van der Waals surface area contributed by atoms with Crippen molar-refractivity contribution in [2.24, 2.45) is 11.8 Å². The number of thiophene rings is 1. The van der Waals surface area contributed by atoms with E-state index in [4.69, 9.17) is 0 Å². The number of nitrogens with zero attached hydrogens (tertiary/aromatic N) is 3. The van der Waals surface area contributed by atoms with Crippen molar-refractivity contribution >= 4 is 27.3 Å². The number of piperazine rings is 1. The first-order valence-electron chi connectivity index (χ1n) is 11.5. The molecule has 0 N–H and O–H groups in total. The zero-order valence-corrected chi connectivity index (χ0v) is 19.7. The van der Waals surface area contributed by atoms with E-state index in [0.717, 1.165) is 45.1 Å². The molecule has 1 saturated carbocycles. The number of hydrogen-bond donors (Lipinski definition) is 0. The molecule has 0 radical (unpaired) electrons. The summed E-state index contributed by atoms with van der Waals surface area (Å²) in [6, 6.07) is 4.17. The fraction of sp³-hybridized carbons (Fsp3) is 0.773. The van der Waals surface area contributed by atoms with Gasteiger partial charge in [-0.3, -0.25) is 9.69 Å². The smallest absolute Gasteiger partial charge is 0.252 e. The monoisotopic (exact) mass is 453 g/mol. The summed E-state index contributed by atoms with van der Waals surface area (Å²) < 4.78 is 27.5. The van der Waals surface area contributed by atoms with Gasteiger partial charge in [0.05, 0.1) is 0 Å². The number of hydrogen-bond acceptors (Lipinski definition) is 5. The maximum atomic E-state index is 13.1. The van der Waals surface area contributed by atoms with Crippen molar-refractivity contribution in [2.45, 2.75) is 62.1 Å². The minimum Gasteiger partial charge on any atom is -0.340 e. The van der Waals surface area contributed by atoms with E-state index in [9.17, 15) is 13.2 Å². The average molecular weight is 454 g/mol. The summed E-state index contributed by atoms with van der Waals surface area (Å²) >= 11 is 1.27. The molecule has 8 heteroatoms. The van der Waals surface area contributed by atoms with E-state index in [2.05, 4.69) is 9.80 Å². The van der Waals surface area contributed by atoms with E-state index >= 15 is 0 Å². The summed E-state index contributed by atoms with van der Waals surface area (Å²) in [5.41, 5.74) is 0. The van der Waals surface area contributed by atoms with Gasteiger partial charge in [0, 0.05) is 51.2 Å². The van der Waals surface area contributed by atoms with Gasteiger partial charge in [-0.1, -0.05) is 32.3 Å². The van der Waals surface area contributed by atoms with Gasteiger partial charge in [-0.15, -0.1) is 11.3 Å². The Labute approximate surface area is 185 Å². The minimum atomic E-state index is -3.37. The normalized spacial score (nSPS) is 24.8. The second kappa shape index (κ2) is 9.67. The molecule has 30 heavy (non-hydrogen) atoms. The predicted octanol–water partition coefficient (Wildman–Crippen LogP) is 3.26. The van der Waals surface area contributed by atoms with E-state index in [-0.39, 0.29) is 17.7 Å². The van der Waals surface area contributed by atoms with Crippen LogP contribution < -0.4 is 0 Å². The van der Waals surface area contributed by atoms with E-state index in [1.54, 1.807) is 21.8 Å². The van der Waals surface area contributed by atoms with Gasteiger partial charge in [-0.05, 0) is 43.0 Å². The van der Waals surface area contributed by atoms with Crippen LogP contribution in [0.2, 0.25) is 0 Å². The molecule has 0 spiro atoms. The second-order valence-corrected chi connectivity index (χ2v) is 12.2. The fourth-order valence-electron chi connectivity index (χ4n) is 5.40. The van der Waals surface area contributed by atoms with E-state index < -0.39 is 10.0 Å². The maximum Gasteiger partial charge on any atom is 0.252 e. The largest absolute Gasteiger partial charge is 0.340 e. The molecule has 1 aromatic heterocycles. The Balaban J connectivity index is 1.26. The Hall–Kier alpha value is -0.960. The molecule has 0 bridgehead atoms. The van der Waals surface area contributed by atoms with Gasteiger partial charge in [0.25, 0.3) is 10.0 Å². The second-order valence-electron chi connectivity index (χ2n) is 9.12. The van der Waals surface area contributed by atoms with Crippen molar-refractivity contribution in [3.8, 4) is 0 Å². The third-order valence-electron chi connectivity index (χ3n) is 7.40. The van der Waals surface area contributed by atoms with Gasteiger partial charge in [-0.25, -0.2) is 8.42 Å². The van der Waals surface area contributed by atoms with Crippen LogP contribution in [0.1, 0.15) is 51.9 Å². The molecule has 2 aliphatic heterocycles. The summed E-state index contributed by atoms with van der Waals surface area (Å²) in [5.74, 6) is 0.499. The highest BCUT2D eigenvalue weighted by atomic mass is 32.2. The first-order chi connectivity index (χ1) is 14.5. The molecule has 6 nitrogen and oxygen atoms in total. The Morgan fingerprint density at radius 1 is 1.00 bits per heavy atom. The third kappa shape index (κ3) is 4.76. The lowest BCUT2D eigenvalue weighted by molar-refractivity contribution is -0.139. The maximum absolute atomic E-state index is 13.1. The van der Waals surface area contributed by atoms with Crippen LogP contribution >= 0.6 is 11.3 Å². The standard InChI is InChI=1S/C22H35N3O3S2/c1-18(19-9-11-25(12-10-19)30(27,28)21-8-5-17-29-21)22(26)24-15-13-23(14-16-24)20-6-3-2-4-7-20/h5,8,17-20H,2-4,6-7,9-16H2,1H3/t18-/m1/s1. The molecule has 168 valence electrons. The third-order valence-corrected chi connectivity index (χ3v) is 10.7. The molecule has 2 saturated heterocycles. The molecule has 1 amide bonds. The van der Waals surface area contributed by atoms with Crippen molar-refractivity contribution in [1.82, 2.24) is 14.1 Å². The van der Waals surface area contributed by atoms with E-state index in [1.807, 2.05) is 6.92 Å². The minimum absolute atomic E-state index is 0.0298. The molecule has 1 atom stereocenters. The van der Waals surface area contributed by atoms with Crippen LogP contribution in [0.15, 0.2) is 21.7 Å². The van der Waals surface area contributed by atoms with Gasteiger partial charge in [-0.2, -0.15) is 4.31 Å². The molecule has 3 fully saturated rings. The zero-order valence-electron chi connectivity index (χ0n) is 18.0. The van der Waals surface area contributed by atoms with E-state index in [1.165, 1.54) is 43.4 Å². The lowest BCUT2D eigenvalue weighted by atomic mass is 9.85. The van der Waals surface area contributed by atoms with Crippen LogP contribution in [0.3, 0.4) is 0 Å². The van der Waals surface area contributed by atoms with Crippen molar-refractivity contribution in [2.75, 3.05) is 39.3 Å². The molecule has 3 aliphatic rings. The molecule has 1 aromatic rings. The Morgan fingerprint density at radius 2 is 1.67 bits per heavy atom. The summed E-state index contributed by atoms with van der Waals surface area (Å²) in [5, 5.41) is 1.80. The van der Waals surface area contributed by atoms with Crippen LogP contribution in [0.5, 0.6) is 0 Å². The molecular weight excluding hydrogens is 418 g/mol. The molecule has 1 aliphatic carbocycles. The molecule has 3 heterocycles. The van der Waals surface area contributed by atoms with Crippen molar-refractivity contribution in [3.05, 3.63) is 17.5 Å². The summed E-state index contributed by atoms with van der Waals surface area (Å²) in [6.45, 7) is 6.75. The SMILES string of the molecule is C[C@@H](C(=O)N1CCN(C2CCCCC2)CC1)C1CCN(S(=O)(=O)c2cccs2)CC1. The van der Waals surface area contributed by atoms with Gasteiger partial charge >= 0.3 is 0 Å². The Bertz CT molecular complexity index is 790. The van der Waals surface area contributed by atoms with Gasteiger partial charge in [0.1, 0.15) is 4.21 Å². The van der Waals surface area contributed by atoms with Crippen molar-refractivity contribution in [3.63, 3.8) is 0 Å². The highest BCUT2D eigenvalue weighted by molar-refractivity contribution is 7.91. The lowest BCUT2D eigenvalue weighted by Crippen LogP contribution is -2.54. The lowest BCUT2D eigenvalue weighted by Gasteiger charge is -2.42. The van der Waals surface area contributed by atoms with Crippen molar-refractivity contribution < 1.29 is 13.2 Å². The number of sulfonamides is 1. The average Bonchev–Trinajstić information content (AvgIpc) is 3.35. The summed E-state index contributed by atoms with van der Waals surface area (Å²) in [6.07, 6.45) is 8.23. The van der Waals surface area contributed by atoms with Gasteiger partial charge in [0.2, 0.25) is 5.91 Å². The van der Waals surface area contributed by atoms with Gasteiger partial charge < -0.3 is 4.90 Å². The van der Waals surface area contributed by atoms with Crippen LogP contribution in [0.4, 0.5) is 0 Å². The highest BCUT2D eigenvalue weighted by Crippen LogP contribution is 2.31. The van der Waals surface area contributed by atoms with Crippen LogP contribution in [0, 0.1) is 11.8 Å². The number of carbonyl (C=O) groups excluding carboxylic acids is 1. The summed E-state index contributed by atoms with van der Waals surface area (Å²) in [4.78, 5) is 17.8. The van der Waals surface area contributed by atoms with Crippen LogP contribution in [-0.2, 0) is 14.8 Å². The topological polar surface area (TPSA) is 60.9 Å². The first-order valence-corrected chi connectivity index (χ1v) is 13.9. The fourth-order valence-corrected chi connectivity index (χ4v) is 8.01. The van der Waals surface area contributed by atoms with Crippen molar-refractivity contribution in [1.29, 1.82) is 0 Å². The Morgan fingerprint density at radius 3 is 2.27 bits per heavy atom. The van der Waals surface area contributed by atoms with Crippen LogP contribution in [0.25, 0.3) is 0 Å². The molecule has 0 aromatic carbocycles. The molecule has 0 unspecified atom stereocenters. The summed E-state index contributed by atoms with van der Waals surface area (Å²) in [7, 11) is -3.37.